The molecule has 0 unspecified atom stereocenters. The smallest absolute Gasteiger partial charge is 0.364 e. The van der Waals surface area contributed by atoms with Crippen LogP contribution in [0.3, 0.4) is 0 Å². The number of carbonyl (C=O) groups is 1. The van der Waals surface area contributed by atoms with Gasteiger partial charge in [-0.2, -0.15) is 0 Å². The molecular formula is C10H7N3O4S2. The number of aryl methyl sites for hydroxylation is 1. The lowest BCUT2D eigenvalue weighted by molar-refractivity contribution is -0.389. The van der Waals surface area contributed by atoms with Crippen molar-refractivity contribution in [2.75, 3.05) is 0 Å². The zero-order valence-electron chi connectivity index (χ0n) is 9.56. The molecule has 0 amide bonds. The Kier molecular flexibility index (Phi) is 3.76. The van der Waals surface area contributed by atoms with Crippen molar-refractivity contribution < 1.29 is 14.8 Å². The molecule has 0 bridgehead atoms. The molecule has 2 aromatic rings. The number of carboxylic acid groups (broad SMARTS) is 1. The summed E-state index contributed by atoms with van der Waals surface area (Å²) in [4.78, 5) is 29.1. The predicted octanol–water partition coefficient (Wildman–Crippen LogP) is 2.60. The lowest BCUT2D eigenvalue weighted by Gasteiger charge is -2.01. The Balaban J connectivity index is 2.39. The fourth-order valence-electron chi connectivity index (χ4n) is 1.25. The van der Waals surface area contributed by atoms with Crippen LogP contribution >= 0.6 is 23.1 Å². The quantitative estimate of drug-likeness (QED) is 0.682. The van der Waals surface area contributed by atoms with Crippen molar-refractivity contribution in [3.8, 4) is 0 Å². The van der Waals surface area contributed by atoms with Gasteiger partial charge in [-0.3, -0.25) is 0 Å². The third-order valence-corrected chi connectivity index (χ3v) is 4.17. The minimum absolute atomic E-state index is 0.153. The van der Waals surface area contributed by atoms with Crippen molar-refractivity contribution in [3.05, 3.63) is 39.0 Å². The molecule has 19 heavy (non-hydrogen) atoms. The van der Waals surface area contributed by atoms with Crippen LogP contribution in [0.5, 0.6) is 0 Å². The minimum atomic E-state index is -1.23. The van der Waals surface area contributed by atoms with Crippen LogP contribution in [0.1, 0.15) is 16.1 Å². The normalized spacial score (nSPS) is 10.4. The highest BCUT2D eigenvalue weighted by molar-refractivity contribution is 8.01. The number of hydrogen-bond donors (Lipinski definition) is 1. The predicted molar refractivity (Wildman–Crippen MR) is 68.8 cm³/mol. The maximum absolute atomic E-state index is 11.1. The van der Waals surface area contributed by atoms with Gasteiger partial charge in [0.25, 0.3) is 0 Å². The molecule has 0 spiro atoms. The number of pyridine rings is 1. The molecule has 98 valence electrons. The molecule has 1 N–H and O–H groups in total. The molecule has 0 atom stereocenters. The van der Waals surface area contributed by atoms with Gasteiger partial charge >= 0.3 is 11.8 Å². The second-order valence-corrected chi connectivity index (χ2v) is 5.60. The summed E-state index contributed by atoms with van der Waals surface area (Å²) in [5.74, 6) is -1.72. The van der Waals surface area contributed by atoms with Crippen LogP contribution in [0.4, 0.5) is 5.82 Å². The zero-order valence-corrected chi connectivity index (χ0v) is 11.2. The number of hydrogen-bond acceptors (Lipinski definition) is 7. The summed E-state index contributed by atoms with van der Waals surface area (Å²) in [7, 11) is 0. The lowest BCUT2D eigenvalue weighted by atomic mass is 10.2. The van der Waals surface area contributed by atoms with E-state index in [2.05, 4.69) is 9.97 Å². The van der Waals surface area contributed by atoms with Crippen molar-refractivity contribution in [2.24, 2.45) is 0 Å². The van der Waals surface area contributed by atoms with E-state index in [1.807, 2.05) is 12.3 Å². The minimum Gasteiger partial charge on any atom is -0.478 e. The molecule has 0 aromatic carbocycles. The van der Waals surface area contributed by atoms with Gasteiger partial charge in [0.2, 0.25) is 0 Å². The van der Waals surface area contributed by atoms with E-state index in [0.717, 1.165) is 23.5 Å². The lowest BCUT2D eigenvalue weighted by Crippen LogP contribution is -2.02. The first-order valence-corrected chi connectivity index (χ1v) is 6.64. The summed E-state index contributed by atoms with van der Waals surface area (Å²) in [6.07, 6.45) is 1.18. The standard InChI is InChI=1S/C10H7N3O4S2/c1-5-4-18-10(12-5)19-7-3-11-8(13(16)17)2-6(7)9(14)15/h2-4H,1H3,(H,14,15). The van der Waals surface area contributed by atoms with Crippen LogP contribution in [-0.4, -0.2) is 26.0 Å². The average molecular weight is 297 g/mol. The molecule has 2 heterocycles. The number of thiazole rings is 1. The van der Waals surface area contributed by atoms with E-state index in [-0.39, 0.29) is 5.56 Å². The SMILES string of the molecule is Cc1csc(Sc2cnc([N+](=O)[O-])cc2C(=O)O)n1. The Labute approximate surface area is 115 Å². The topological polar surface area (TPSA) is 106 Å². The first-order chi connectivity index (χ1) is 8.97. The largest absolute Gasteiger partial charge is 0.478 e. The Morgan fingerprint density at radius 3 is 2.84 bits per heavy atom. The molecule has 0 radical (unpaired) electrons. The van der Waals surface area contributed by atoms with Gasteiger partial charge in [-0.25, -0.2) is 9.78 Å². The number of nitrogens with zero attached hydrogens (tertiary/aromatic N) is 3. The summed E-state index contributed by atoms with van der Waals surface area (Å²) < 4.78 is 0.663. The summed E-state index contributed by atoms with van der Waals surface area (Å²) in [6.45, 7) is 1.83. The van der Waals surface area contributed by atoms with E-state index in [0.29, 0.717) is 9.24 Å². The van der Waals surface area contributed by atoms with E-state index in [9.17, 15) is 14.9 Å². The monoisotopic (exact) mass is 297 g/mol. The van der Waals surface area contributed by atoms with Crippen molar-refractivity contribution in [1.29, 1.82) is 0 Å². The van der Waals surface area contributed by atoms with Gasteiger partial charge in [-0.05, 0) is 16.8 Å². The number of carboxylic acids is 1. The highest BCUT2D eigenvalue weighted by Crippen LogP contribution is 2.33. The molecule has 9 heteroatoms. The Hall–Kier alpha value is -2.00. The van der Waals surface area contributed by atoms with Gasteiger partial charge in [0.1, 0.15) is 0 Å². The highest BCUT2D eigenvalue weighted by Gasteiger charge is 2.19. The third kappa shape index (κ3) is 3.06. The fourth-order valence-corrected chi connectivity index (χ4v) is 3.12. The van der Waals surface area contributed by atoms with Crippen LogP contribution in [-0.2, 0) is 0 Å². The van der Waals surface area contributed by atoms with Crippen molar-refractivity contribution in [1.82, 2.24) is 9.97 Å². The van der Waals surface area contributed by atoms with Crippen LogP contribution in [0.2, 0.25) is 0 Å². The number of rotatable bonds is 4. The van der Waals surface area contributed by atoms with Crippen molar-refractivity contribution >= 4 is 34.9 Å². The van der Waals surface area contributed by atoms with E-state index in [1.54, 1.807) is 0 Å². The van der Waals surface area contributed by atoms with Crippen LogP contribution in [0.15, 0.2) is 26.9 Å². The molecule has 7 nitrogen and oxygen atoms in total. The van der Waals surface area contributed by atoms with Gasteiger partial charge < -0.3 is 15.2 Å². The second-order valence-electron chi connectivity index (χ2n) is 3.46. The van der Waals surface area contributed by atoms with Crippen molar-refractivity contribution in [2.45, 2.75) is 16.2 Å². The Bertz CT molecular complexity index is 656. The first kappa shape index (κ1) is 13.4. The average Bonchev–Trinajstić information content (AvgIpc) is 2.74. The van der Waals surface area contributed by atoms with Crippen LogP contribution in [0, 0.1) is 17.0 Å². The molecular weight excluding hydrogens is 290 g/mol. The number of nitro groups is 1. The van der Waals surface area contributed by atoms with Gasteiger partial charge in [0, 0.05) is 11.1 Å². The van der Waals surface area contributed by atoms with E-state index >= 15 is 0 Å². The van der Waals surface area contributed by atoms with Gasteiger partial charge in [-0.15, -0.1) is 11.3 Å². The maximum atomic E-state index is 11.1. The summed E-state index contributed by atoms with van der Waals surface area (Å²) in [6, 6.07) is 0.950. The number of aromatic nitrogens is 2. The second kappa shape index (κ2) is 5.33. The van der Waals surface area contributed by atoms with E-state index < -0.39 is 16.7 Å². The Morgan fingerprint density at radius 1 is 1.58 bits per heavy atom. The van der Waals surface area contributed by atoms with Gasteiger partial charge in [0.15, 0.2) is 10.5 Å². The maximum Gasteiger partial charge on any atom is 0.364 e. The summed E-state index contributed by atoms with van der Waals surface area (Å²) in [5.41, 5.74) is 0.679. The molecule has 2 aromatic heterocycles. The molecule has 2 rings (SSSR count). The molecule has 0 aliphatic carbocycles. The summed E-state index contributed by atoms with van der Waals surface area (Å²) in [5, 5.41) is 21.5. The van der Waals surface area contributed by atoms with Gasteiger partial charge in [0.05, 0.1) is 16.5 Å². The van der Waals surface area contributed by atoms with Crippen LogP contribution < -0.4 is 0 Å². The van der Waals surface area contributed by atoms with E-state index in [1.165, 1.54) is 17.5 Å². The third-order valence-electron chi connectivity index (χ3n) is 2.07. The van der Waals surface area contributed by atoms with Gasteiger partial charge in [-0.1, -0.05) is 11.8 Å². The number of aromatic carboxylic acids is 1. The molecule has 0 saturated heterocycles. The van der Waals surface area contributed by atoms with E-state index in [4.69, 9.17) is 5.11 Å². The highest BCUT2D eigenvalue weighted by atomic mass is 32.2. The molecule has 0 aliphatic heterocycles. The fraction of sp³-hybridized carbons (Fsp3) is 0.100. The Morgan fingerprint density at radius 2 is 2.32 bits per heavy atom. The molecule has 0 saturated carbocycles. The molecule has 0 aliphatic rings. The van der Waals surface area contributed by atoms with Crippen molar-refractivity contribution in [3.63, 3.8) is 0 Å². The first-order valence-electron chi connectivity index (χ1n) is 4.95. The summed E-state index contributed by atoms with van der Waals surface area (Å²) >= 11 is 2.50. The molecule has 0 fully saturated rings. The van der Waals surface area contributed by atoms with Crippen LogP contribution in [0.25, 0.3) is 0 Å². The zero-order chi connectivity index (χ0) is 14.0.